The van der Waals surface area contributed by atoms with Gasteiger partial charge in [0, 0.05) is 27.5 Å². The van der Waals surface area contributed by atoms with Crippen LogP contribution in [0, 0.1) is 0 Å². The Morgan fingerprint density at radius 3 is 2.37 bits per heavy atom. The molecule has 0 bridgehead atoms. The van der Waals surface area contributed by atoms with Crippen molar-refractivity contribution >= 4 is 60.8 Å². The molecule has 0 fully saturated rings. The summed E-state index contributed by atoms with van der Waals surface area (Å²) in [6.45, 7) is 1.53. The van der Waals surface area contributed by atoms with E-state index in [2.05, 4.69) is 5.32 Å². The van der Waals surface area contributed by atoms with Crippen LogP contribution in [0.1, 0.15) is 6.92 Å². The van der Waals surface area contributed by atoms with Crippen molar-refractivity contribution in [1.82, 2.24) is 0 Å². The standard InChI is InChI=1S/C22H19ClN2O4S/c1-14(25(30(2,27)28)17-10-7-15(23)8-11-17)22(26)24-16-9-12-19-18-5-3-4-6-20(18)29-21(19)13-16/h3-14H,1-2H3,(H,24,26)/t14-/m1/s1. The third-order valence-electron chi connectivity index (χ3n) is 4.82. The van der Waals surface area contributed by atoms with Crippen LogP contribution in [-0.4, -0.2) is 26.6 Å². The number of para-hydroxylation sites is 1. The maximum absolute atomic E-state index is 12.9. The van der Waals surface area contributed by atoms with Crippen LogP contribution in [0.2, 0.25) is 5.02 Å². The van der Waals surface area contributed by atoms with Gasteiger partial charge in [-0.05, 0) is 49.4 Å². The molecule has 0 saturated heterocycles. The van der Waals surface area contributed by atoms with Crippen LogP contribution in [0.4, 0.5) is 11.4 Å². The Kier molecular flexibility index (Phi) is 5.17. The second-order valence-electron chi connectivity index (χ2n) is 7.01. The van der Waals surface area contributed by atoms with Gasteiger partial charge in [0.05, 0.1) is 11.9 Å². The molecule has 0 radical (unpaired) electrons. The van der Waals surface area contributed by atoms with Gasteiger partial charge in [-0.25, -0.2) is 8.42 Å². The van der Waals surface area contributed by atoms with Crippen molar-refractivity contribution in [1.29, 1.82) is 0 Å². The minimum Gasteiger partial charge on any atom is -0.456 e. The van der Waals surface area contributed by atoms with E-state index in [-0.39, 0.29) is 0 Å². The fourth-order valence-electron chi connectivity index (χ4n) is 3.45. The number of halogens is 1. The van der Waals surface area contributed by atoms with E-state index in [1.807, 2.05) is 30.3 Å². The van der Waals surface area contributed by atoms with E-state index in [1.165, 1.54) is 6.92 Å². The van der Waals surface area contributed by atoms with E-state index in [9.17, 15) is 13.2 Å². The van der Waals surface area contributed by atoms with Crippen molar-refractivity contribution in [2.24, 2.45) is 0 Å². The average molecular weight is 443 g/mol. The molecular weight excluding hydrogens is 424 g/mol. The third-order valence-corrected chi connectivity index (χ3v) is 6.31. The number of nitrogens with zero attached hydrogens (tertiary/aromatic N) is 1. The van der Waals surface area contributed by atoms with Gasteiger partial charge in [0.25, 0.3) is 0 Å². The number of carbonyl (C=O) groups is 1. The van der Waals surface area contributed by atoms with E-state index in [0.29, 0.717) is 22.0 Å². The van der Waals surface area contributed by atoms with Crippen molar-refractivity contribution in [3.05, 3.63) is 71.8 Å². The van der Waals surface area contributed by atoms with Crippen LogP contribution in [0.15, 0.2) is 71.1 Å². The monoisotopic (exact) mass is 442 g/mol. The van der Waals surface area contributed by atoms with Gasteiger partial charge < -0.3 is 9.73 Å². The minimum atomic E-state index is -3.71. The molecule has 4 rings (SSSR count). The molecule has 0 aliphatic carbocycles. The average Bonchev–Trinajstić information content (AvgIpc) is 3.06. The zero-order valence-electron chi connectivity index (χ0n) is 16.3. The second-order valence-corrected chi connectivity index (χ2v) is 9.31. The Morgan fingerprint density at radius 1 is 1.00 bits per heavy atom. The van der Waals surface area contributed by atoms with Crippen LogP contribution in [0.25, 0.3) is 21.9 Å². The number of carbonyl (C=O) groups excluding carboxylic acids is 1. The van der Waals surface area contributed by atoms with Crippen molar-refractivity contribution in [3.63, 3.8) is 0 Å². The van der Waals surface area contributed by atoms with Crippen LogP contribution in [0.3, 0.4) is 0 Å². The number of amides is 1. The molecule has 154 valence electrons. The number of fused-ring (bicyclic) bond motifs is 3. The number of rotatable bonds is 5. The molecule has 0 unspecified atom stereocenters. The molecule has 0 spiro atoms. The molecule has 1 aromatic heterocycles. The number of sulfonamides is 1. The molecule has 1 N–H and O–H groups in total. The zero-order chi connectivity index (χ0) is 21.5. The van der Waals surface area contributed by atoms with Crippen LogP contribution in [0.5, 0.6) is 0 Å². The highest BCUT2D eigenvalue weighted by molar-refractivity contribution is 7.92. The Bertz CT molecular complexity index is 1350. The summed E-state index contributed by atoms with van der Waals surface area (Å²) in [6, 6.07) is 18.4. The maximum atomic E-state index is 12.9. The summed E-state index contributed by atoms with van der Waals surface area (Å²) in [4.78, 5) is 12.9. The smallest absolute Gasteiger partial charge is 0.247 e. The fourth-order valence-corrected chi connectivity index (χ4v) is 4.75. The topological polar surface area (TPSA) is 79.6 Å². The van der Waals surface area contributed by atoms with Crippen molar-refractivity contribution in [2.45, 2.75) is 13.0 Å². The van der Waals surface area contributed by atoms with Gasteiger partial charge in [0.1, 0.15) is 17.2 Å². The van der Waals surface area contributed by atoms with Crippen LogP contribution >= 0.6 is 11.6 Å². The van der Waals surface area contributed by atoms with Gasteiger partial charge in [-0.3, -0.25) is 9.10 Å². The summed E-state index contributed by atoms with van der Waals surface area (Å²) in [6.07, 6.45) is 1.06. The summed E-state index contributed by atoms with van der Waals surface area (Å²) in [7, 11) is -3.71. The van der Waals surface area contributed by atoms with Gasteiger partial charge >= 0.3 is 0 Å². The van der Waals surface area contributed by atoms with Crippen LogP contribution < -0.4 is 9.62 Å². The van der Waals surface area contributed by atoms with E-state index in [1.54, 1.807) is 36.4 Å². The highest BCUT2D eigenvalue weighted by Gasteiger charge is 2.29. The lowest BCUT2D eigenvalue weighted by Crippen LogP contribution is -2.45. The Morgan fingerprint density at radius 2 is 1.67 bits per heavy atom. The van der Waals surface area contributed by atoms with Crippen LogP contribution in [-0.2, 0) is 14.8 Å². The van der Waals surface area contributed by atoms with E-state index >= 15 is 0 Å². The molecule has 4 aromatic rings. The number of furan rings is 1. The molecule has 1 amide bonds. The first-order valence-electron chi connectivity index (χ1n) is 9.21. The lowest BCUT2D eigenvalue weighted by atomic mass is 10.1. The van der Waals surface area contributed by atoms with Crippen molar-refractivity contribution in [3.8, 4) is 0 Å². The molecule has 3 aromatic carbocycles. The summed E-state index contributed by atoms with van der Waals surface area (Å²) < 4.78 is 31.7. The predicted octanol–water partition coefficient (Wildman–Crippen LogP) is 5.03. The Hall–Kier alpha value is -3.03. The molecule has 6 nitrogen and oxygen atoms in total. The normalized spacial score (nSPS) is 12.8. The highest BCUT2D eigenvalue weighted by Crippen LogP contribution is 2.30. The van der Waals surface area contributed by atoms with Crippen molar-refractivity contribution in [2.75, 3.05) is 15.9 Å². The quantitative estimate of drug-likeness (QED) is 0.470. The summed E-state index contributed by atoms with van der Waals surface area (Å²) >= 11 is 5.90. The number of nitrogens with one attached hydrogen (secondary N) is 1. The highest BCUT2D eigenvalue weighted by atomic mass is 35.5. The molecule has 0 saturated carbocycles. The summed E-state index contributed by atoms with van der Waals surface area (Å²) in [5.41, 5.74) is 2.27. The predicted molar refractivity (Wildman–Crippen MR) is 121 cm³/mol. The molecule has 8 heteroatoms. The third kappa shape index (κ3) is 3.86. The molecule has 1 atom stereocenters. The number of anilines is 2. The van der Waals surface area contributed by atoms with Gasteiger partial charge in [-0.1, -0.05) is 29.8 Å². The van der Waals surface area contributed by atoms with Gasteiger partial charge in [0.15, 0.2) is 0 Å². The molecule has 0 aliphatic rings. The van der Waals surface area contributed by atoms with Gasteiger partial charge in [0.2, 0.25) is 15.9 Å². The molecule has 30 heavy (non-hydrogen) atoms. The molecule has 1 heterocycles. The molecule has 0 aliphatic heterocycles. The molecular formula is C22H19ClN2O4S. The van der Waals surface area contributed by atoms with Gasteiger partial charge in [-0.2, -0.15) is 0 Å². The Balaban J connectivity index is 1.62. The Labute approximate surface area is 179 Å². The number of benzene rings is 3. The summed E-state index contributed by atoms with van der Waals surface area (Å²) in [5, 5.41) is 5.19. The first kappa shape index (κ1) is 20.3. The summed E-state index contributed by atoms with van der Waals surface area (Å²) in [5.74, 6) is -0.467. The lowest BCUT2D eigenvalue weighted by molar-refractivity contribution is -0.116. The maximum Gasteiger partial charge on any atom is 0.247 e. The largest absolute Gasteiger partial charge is 0.456 e. The fraction of sp³-hybridized carbons (Fsp3) is 0.136. The number of hydrogen-bond donors (Lipinski definition) is 1. The SMILES string of the molecule is C[C@H](C(=O)Nc1ccc2c(c1)oc1ccccc12)N(c1ccc(Cl)cc1)S(C)(=O)=O. The first-order chi connectivity index (χ1) is 14.2. The van der Waals surface area contributed by atoms with Gasteiger partial charge in [-0.15, -0.1) is 0 Å². The minimum absolute atomic E-state index is 0.359. The second kappa shape index (κ2) is 7.66. The van der Waals surface area contributed by atoms with E-state index < -0.39 is 22.0 Å². The van der Waals surface area contributed by atoms with Crippen molar-refractivity contribution < 1.29 is 17.6 Å². The zero-order valence-corrected chi connectivity index (χ0v) is 17.9. The lowest BCUT2D eigenvalue weighted by Gasteiger charge is -2.28. The number of hydrogen-bond acceptors (Lipinski definition) is 4. The van der Waals surface area contributed by atoms with E-state index in [0.717, 1.165) is 26.9 Å². The first-order valence-corrected chi connectivity index (χ1v) is 11.4. The van der Waals surface area contributed by atoms with E-state index in [4.69, 9.17) is 16.0 Å².